The third kappa shape index (κ3) is 2.27. The minimum Gasteiger partial charge on any atom is -0.352 e. The Balaban J connectivity index is 3.13. The molecule has 1 rings (SSSR count). The van der Waals surface area contributed by atoms with Crippen molar-refractivity contribution in [2.75, 3.05) is 13.6 Å². The van der Waals surface area contributed by atoms with Gasteiger partial charge in [-0.3, -0.25) is 0 Å². The van der Waals surface area contributed by atoms with Gasteiger partial charge in [-0.2, -0.15) is 4.31 Å². The molecule has 0 unspecified atom stereocenters. The molecule has 2 N–H and O–H groups in total. The molecule has 1 aromatic heterocycles. The highest BCUT2D eigenvalue weighted by molar-refractivity contribution is 7.89. The first kappa shape index (κ1) is 12.8. The number of hydrogen-bond donors (Lipinski definition) is 1. The molecule has 0 saturated carbocycles. The standard InChI is InChI=1S/C10H15N3O2S/c1-4-5-13(3)16(14,15)10-6-9(7-11)12(2)8-10/h1,6,8H,5,7,11H2,2-3H3. The van der Waals surface area contributed by atoms with Crippen LogP contribution in [-0.4, -0.2) is 30.9 Å². The average molecular weight is 241 g/mol. The van der Waals surface area contributed by atoms with Gasteiger partial charge in [0, 0.05) is 32.5 Å². The Kier molecular flexibility index (Phi) is 3.75. The monoisotopic (exact) mass is 241 g/mol. The van der Waals surface area contributed by atoms with E-state index < -0.39 is 10.0 Å². The molecule has 0 aliphatic rings. The Morgan fingerprint density at radius 2 is 2.25 bits per heavy atom. The molecule has 0 atom stereocenters. The van der Waals surface area contributed by atoms with Crippen LogP contribution in [0.1, 0.15) is 5.69 Å². The van der Waals surface area contributed by atoms with Crippen molar-refractivity contribution in [3.05, 3.63) is 18.0 Å². The van der Waals surface area contributed by atoms with Crippen LogP contribution < -0.4 is 5.73 Å². The van der Waals surface area contributed by atoms with Crippen LogP contribution in [0.3, 0.4) is 0 Å². The van der Waals surface area contributed by atoms with Gasteiger partial charge >= 0.3 is 0 Å². The van der Waals surface area contributed by atoms with Crippen molar-refractivity contribution in [1.82, 2.24) is 8.87 Å². The zero-order valence-electron chi connectivity index (χ0n) is 9.34. The lowest BCUT2D eigenvalue weighted by Crippen LogP contribution is -2.26. The first-order valence-corrected chi connectivity index (χ1v) is 6.12. The molecule has 1 aromatic rings. The molecule has 0 aliphatic heterocycles. The van der Waals surface area contributed by atoms with E-state index in [1.165, 1.54) is 13.2 Å². The van der Waals surface area contributed by atoms with Gasteiger partial charge in [0.2, 0.25) is 10.0 Å². The predicted octanol–water partition coefficient (Wildman–Crippen LogP) is -0.262. The molecule has 6 heteroatoms. The van der Waals surface area contributed by atoms with Gasteiger partial charge in [-0.15, -0.1) is 6.42 Å². The van der Waals surface area contributed by atoms with Crippen molar-refractivity contribution in [1.29, 1.82) is 0 Å². The maximum atomic E-state index is 12.0. The van der Waals surface area contributed by atoms with Crippen LogP contribution in [0.5, 0.6) is 0 Å². The van der Waals surface area contributed by atoms with E-state index in [1.54, 1.807) is 17.7 Å². The van der Waals surface area contributed by atoms with E-state index in [0.29, 0.717) is 6.54 Å². The second-order valence-corrected chi connectivity index (χ2v) is 5.49. The SMILES string of the molecule is C#CCN(C)S(=O)(=O)c1cc(CN)n(C)c1. The van der Waals surface area contributed by atoms with Crippen molar-refractivity contribution in [2.45, 2.75) is 11.4 Å². The van der Waals surface area contributed by atoms with E-state index in [9.17, 15) is 8.42 Å². The fraction of sp³-hybridized carbons (Fsp3) is 0.400. The Morgan fingerprint density at radius 1 is 1.62 bits per heavy atom. The van der Waals surface area contributed by atoms with Crippen molar-refractivity contribution in [3.63, 3.8) is 0 Å². The number of rotatable bonds is 4. The summed E-state index contributed by atoms with van der Waals surface area (Å²) in [4.78, 5) is 0.216. The smallest absolute Gasteiger partial charge is 0.245 e. The first-order valence-electron chi connectivity index (χ1n) is 4.68. The number of aryl methyl sites for hydroxylation is 1. The van der Waals surface area contributed by atoms with Crippen LogP contribution in [0.2, 0.25) is 0 Å². The minimum absolute atomic E-state index is 0.0508. The summed E-state index contributed by atoms with van der Waals surface area (Å²) in [6, 6.07) is 1.56. The van der Waals surface area contributed by atoms with Crippen molar-refractivity contribution < 1.29 is 8.42 Å². The van der Waals surface area contributed by atoms with Gasteiger partial charge in [0.25, 0.3) is 0 Å². The molecule has 5 nitrogen and oxygen atoms in total. The molecule has 0 saturated heterocycles. The summed E-state index contributed by atoms with van der Waals surface area (Å²) in [5.74, 6) is 2.29. The summed E-state index contributed by atoms with van der Waals surface area (Å²) < 4.78 is 26.8. The Labute approximate surface area is 95.9 Å². The number of sulfonamides is 1. The lowest BCUT2D eigenvalue weighted by molar-refractivity contribution is 0.503. The Hall–Kier alpha value is -1.29. The van der Waals surface area contributed by atoms with Gasteiger partial charge in [-0.1, -0.05) is 5.92 Å². The summed E-state index contributed by atoms with van der Waals surface area (Å²) in [6.45, 7) is 0.347. The molecule has 0 amide bonds. The summed E-state index contributed by atoms with van der Waals surface area (Å²) in [5.41, 5.74) is 6.24. The quantitative estimate of drug-likeness (QED) is 0.738. The van der Waals surface area contributed by atoms with E-state index in [0.717, 1.165) is 10.00 Å². The van der Waals surface area contributed by atoms with Crippen LogP contribution in [0, 0.1) is 12.3 Å². The molecular weight excluding hydrogens is 226 g/mol. The zero-order chi connectivity index (χ0) is 12.3. The largest absolute Gasteiger partial charge is 0.352 e. The van der Waals surface area contributed by atoms with E-state index in [-0.39, 0.29) is 11.4 Å². The second-order valence-electron chi connectivity index (χ2n) is 3.45. The lowest BCUT2D eigenvalue weighted by atomic mass is 10.4. The fourth-order valence-corrected chi connectivity index (χ4v) is 2.50. The van der Waals surface area contributed by atoms with Crippen LogP contribution in [-0.2, 0) is 23.6 Å². The lowest BCUT2D eigenvalue weighted by Gasteiger charge is -2.12. The Morgan fingerprint density at radius 3 is 2.69 bits per heavy atom. The fourth-order valence-electron chi connectivity index (χ4n) is 1.31. The molecule has 0 fully saturated rings. The average Bonchev–Trinajstić information content (AvgIpc) is 2.60. The molecule has 0 aromatic carbocycles. The first-order chi connectivity index (χ1) is 7.43. The number of terminal acetylenes is 1. The Bertz CT molecular complexity index is 511. The highest BCUT2D eigenvalue weighted by atomic mass is 32.2. The number of nitrogens with zero attached hydrogens (tertiary/aromatic N) is 2. The van der Waals surface area contributed by atoms with Gasteiger partial charge in [0.15, 0.2) is 0 Å². The van der Waals surface area contributed by atoms with E-state index in [1.807, 2.05) is 0 Å². The van der Waals surface area contributed by atoms with E-state index >= 15 is 0 Å². The normalized spacial score (nSPS) is 11.7. The number of nitrogens with two attached hydrogens (primary N) is 1. The highest BCUT2D eigenvalue weighted by Crippen LogP contribution is 2.16. The van der Waals surface area contributed by atoms with Gasteiger partial charge in [-0.25, -0.2) is 8.42 Å². The van der Waals surface area contributed by atoms with E-state index in [2.05, 4.69) is 5.92 Å². The molecular formula is C10H15N3O2S. The summed E-state index contributed by atoms with van der Waals surface area (Å²) >= 11 is 0. The highest BCUT2D eigenvalue weighted by Gasteiger charge is 2.21. The van der Waals surface area contributed by atoms with Crippen molar-refractivity contribution in [3.8, 4) is 12.3 Å². The maximum Gasteiger partial charge on any atom is 0.245 e. The molecule has 0 aliphatic carbocycles. The van der Waals surface area contributed by atoms with Gasteiger partial charge in [0.1, 0.15) is 4.90 Å². The predicted molar refractivity (Wildman–Crippen MR) is 62.0 cm³/mol. The van der Waals surface area contributed by atoms with Crippen LogP contribution in [0.4, 0.5) is 0 Å². The van der Waals surface area contributed by atoms with Crippen molar-refractivity contribution in [2.24, 2.45) is 12.8 Å². The summed E-state index contributed by atoms with van der Waals surface area (Å²) in [7, 11) is -0.297. The minimum atomic E-state index is -3.50. The second kappa shape index (κ2) is 4.70. The third-order valence-electron chi connectivity index (χ3n) is 2.31. The summed E-state index contributed by atoms with van der Waals surface area (Å²) in [6.07, 6.45) is 6.62. The zero-order valence-corrected chi connectivity index (χ0v) is 10.2. The number of aromatic nitrogens is 1. The van der Waals surface area contributed by atoms with E-state index in [4.69, 9.17) is 12.2 Å². The molecule has 88 valence electrons. The molecule has 16 heavy (non-hydrogen) atoms. The molecule has 0 radical (unpaired) electrons. The summed E-state index contributed by atoms with van der Waals surface area (Å²) in [5, 5.41) is 0. The third-order valence-corrected chi connectivity index (χ3v) is 4.08. The maximum absolute atomic E-state index is 12.0. The number of hydrogen-bond acceptors (Lipinski definition) is 3. The molecule has 1 heterocycles. The molecule has 0 spiro atoms. The van der Waals surface area contributed by atoms with Gasteiger partial charge in [0.05, 0.1) is 6.54 Å². The van der Waals surface area contributed by atoms with Gasteiger partial charge in [-0.05, 0) is 6.07 Å². The van der Waals surface area contributed by atoms with Crippen LogP contribution in [0.15, 0.2) is 17.2 Å². The topological polar surface area (TPSA) is 68.3 Å². The van der Waals surface area contributed by atoms with Crippen LogP contribution in [0.25, 0.3) is 0 Å². The van der Waals surface area contributed by atoms with Crippen LogP contribution >= 0.6 is 0 Å². The van der Waals surface area contributed by atoms with Gasteiger partial charge < -0.3 is 10.3 Å². The molecule has 0 bridgehead atoms. The van der Waals surface area contributed by atoms with Crippen molar-refractivity contribution >= 4 is 10.0 Å².